The number of piperidine rings is 1. The van der Waals surface area contributed by atoms with Crippen LogP contribution in [-0.2, 0) is 6.42 Å². The number of amides is 3. The number of aryl methyl sites for hydroxylation is 2. The lowest BCUT2D eigenvalue weighted by Crippen LogP contribution is -2.51. The molecule has 3 rings (SSSR count). The van der Waals surface area contributed by atoms with Crippen LogP contribution in [0.4, 0.5) is 4.79 Å². The Bertz CT molecular complexity index is 629. The number of nitrogens with zero attached hydrogens (tertiary/aromatic N) is 1. The van der Waals surface area contributed by atoms with Gasteiger partial charge in [0, 0.05) is 30.1 Å². The van der Waals surface area contributed by atoms with E-state index in [0.717, 1.165) is 37.0 Å². The number of rotatable bonds is 4. The maximum atomic E-state index is 12.5. The normalized spacial score (nSPS) is 19.4. The van der Waals surface area contributed by atoms with E-state index in [-0.39, 0.29) is 18.0 Å². The SMILES string of the molecule is CCc1sc(C(=O)NC2CCN(C(=O)NC3CCCCC3)CC2)cc1C. The van der Waals surface area contributed by atoms with Gasteiger partial charge in [0.15, 0.2) is 0 Å². The predicted octanol–water partition coefficient (Wildman–Crippen LogP) is 3.86. The molecule has 144 valence electrons. The smallest absolute Gasteiger partial charge is 0.317 e. The van der Waals surface area contributed by atoms with Crippen LogP contribution in [-0.4, -0.2) is 42.0 Å². The topological polar surface area (TPSA) is 61.4 Å². The summed E-state index contributed by atoms with van der Waals surface area (Å²) in [6.45, 7) is 5.62. The number of urea groups is 1. The zero-order valence-electron chi connectivity index (χ0n) is 16.0. The Morgan fingerprint density at radius 1 is 1.08 bits per heavy atom. The van der Waals surface area contributed by atoms with Crippen LogP contribution >= 0.6 is 11.3 Å². The first kappa shape index (κ1) is 19.2. The van der Waals surface area contributed by atoms with Crippen LogP contribution in [0.25, 0.3) is 0 Å². The van der Waals surface area contributed by atoms with Crippen LogP contribution in [0.1, 0.15) is 72.0 Å². The van der Waals surface area contributed by atoms with Gasteiger partial charge < -0.3 is 15.5 Å². The Labute approximate surface area is 160 Å². The fraction of sp³-hybridized carbons (Fsp3) is 0.700. The van der Waals surface area contributed by atoms with Crippen molar-refractivity contribution in [2.45, 2.75) is 77.3 Å². The molecule has 1 aromatic heterocycles. The second-order valence-corrected chi connectivity index (χ2v) is 8.73. The van der Waals surface area contributed by atoms with Crippen molar-refractivity contribution >= 4 is 23.3 Å². The molecule has 0 spiro atoms. The molecule has 1 saturated heterocycles. The Kier molecular flexibility index (Phi) is 6.57. The monoisotopic (exact) mass is 377 g/mol. The summed E-state index contributed by atoms with van der Waals surface area (Å²) in [6, 6.07) is 2.58. The molecule has 1 aromatic rings. The molecule has 6 heteroatoms. The van der Waals surface area contributed by atoms with E-state index in [0.29, 0.717) is 19.1 Å². The van der Waals surface area contributed by atoms with E-state index in [9.17, 15) is 9.59 Å². The molecule has 1 aliphatic heterocycles. The molecule has 2 N–H and O–H groups in total. The quantitative estimate of drug-likeness (QED) is 0.837. The van der Waals surface area contributed by atoms with Gasteiger partial charge in [-0.05, 0) is 50.7 Å². The zero-order chi connectivity index (χ0) is 18.5. The molecule has 0 aromatic carbocycles. The molecule has 26 heavy (non-hydrogen) atoms. The van der Waals surface area contributed by atoms with Gasteiger partial charge >= 0.3 is 6.03 Å². The van der Waals surface area contributed by atoms with Crippen LogP contribution in [0.15, 0.2) is 6.07 Å². The molecular formula is C20H31N3O2S. The third-order valence-electron chi connectivity index (χ3n) is 5.62. The molecular weight excluding hydrogens is 346 g/mol. The van der Waals surface area contributed by atoms with Gasteiger partial charge in [0.1, 0.15) is 0 Å². The van der Waals surface area contributed by atoms with E-state index in [1.807, 2.05) is 11.0 Å². The number of carbonyl (C=O) groups is 2. The number of thiophene rings is 1. The molecule has 0 atom stereocenters. The van der Waals surface area contributed by atoms with Crippen molar-refractivity contribution in [3.63, 3.8) is 0 Å². The molecule has 5 nitrogen and oxygen atoms in total. The maximum absolute atomic E-state index is 12.5. The van der Waals surface area contributed by atoms with Gasteiger partial charge in [0.05, 0.1) is 4.88 Å². The van der Waals surface area contributed by atoms with E-state index < -0.39 is 0 Å². The van der Waals surface area contributed by atoms with Crippen molar-refractivity contribution < 1.29 is 9.59 Å². The minimum absolute atomic E-state index is 0.0305. The third-order valence-corrected chi connectivity index (χ3v) is 7.00. The van der Waals surface area contributed by atoms with E-state index in [1.54, 1.807) is 11.3 Å². The fourth-order valence-electron chi connectivity index (χ4n) is 3.98. The molecule has 3 amide bonds. The zero-order valence-corrected chi connectivity index (χ0v) is 16.8. The molecule has 1 saturated carbocycles. The summed E-state index contributed by atoms with van der Waals surface area (Å²) in [5.41, 5.74) is 1.21. The van der Waals surface area contributed by atoms with Crippen molar-refractivity contribution in [1.29, 1.82) is 0 Å². The molecule has 0 radical (unpaired) electrons. The van der Waals surface area contributed by atoms with Crippen LogP contribution < -0.4 is 10.6 Å². The molecule has 0 unspecified atom stereocenters. The Hall–Kier alpha value is -1.56. The highest BCUT2D eigenvalue weighted by molar-refractivity contribution is 7.14. The number of likely N-dealkylation sites (tertiary alicyclic amines) is 1. The summed E-state index contributed by atoms with van der Waals surface area (Å²) >= 11 is 1.59. The minimum Gasteiger partial charge on any atom is -0.348 e. The lowest BCUT2D eigenvalue weighted by molar-refractivity contribution is 0.0921. The summed E-state index contributed by atoms with van der Waals surface area (Å²) in [6.07, 6.45) is 8.58. The van der Waals surface area contributed by atoms with Gasteiger partial charge in [-0.3, -0.25) is 4.79 Å². The summed E-state index contributed by atoms with van der Waals surface area (Å²) in [4.78, 5) is 28.9. The van der Waals surface area contributed by atoms with Crippen molar-refractivity contribution in [3.8, 4) is 0 Å². The fourth-order valence-corrected chi connectivity index (χ4v) is 5.00. The van der Waals surface area contributed by atoms with Gasteiger partial charge in [-0.15, -0.1) is 11.3 Å². The molecule has 2 heterocycles. The van der Waals surface area contributed by atoms with Crippen LogP contribution in [0.5, 0.6) is 0 Å². The molecule has 0 bridgehead atoms. The van der Waals surface area contributed by atoms with Gasteiger partial charge in [-0.2, -0.15) is 0 Å². The average Bonchev–Trinajstić information content (AvgIpc) is 3.04. The lowest BCUT2D eigenvalue weighted by Gasteiger charge is -2.34. The summed E-state index contributed by atoms with van der Waals surface area (Å²) in [7, 11) is 0. The highest BCUT2D eigenvalue weighted by atomic mass is 32.1. The molecule has 1 aliphatic carbocycles. The van der Waals surface area contributed by atoms with Gasteiger partial charge in [-0.1, -0.05) is 26.2 Å². The van der Waals surface area contributed by atoms with E-state index >= 15 is 0 Å². The van der Waals surface area contributed by atoms with Crippen molar-refractivity contribution in [2.24, 2.45) is 0 Å². The second-order valence-electron chi connectivity index (χ2n) is 7.59. The number of nitrogens with one attached hydrogen (secondary N) is 2. The van der Waals surface area contributed by atoms with Gasteiger partial charge in [0.2, 0.25) is 0 Å². The van der Waals surface area contributed by atoms with Crippen molar-refractivity contribution in [2.75, 3.05) is 13.1 Å². The van der Waals surface area contributed by atoms with Gasteiger partial charge in [-0.25, -0.2) is 4.79 Å². The molecule has 2 fully saturated rings. The standard InChI is InChI=1S/C20H31N3O2S/c1-3-17-14(2)13-18(26-17)19(24)21-16-9-11-23(12-10-16)20(25)22-15-7-5-4-6-8-15/h13,15-16H,3-12H2,1-2H3,(H,21,24)(H,22,25). The number of carbonyl (C=O) groups excluding carboxylic acids is 2. The Morgan fingerprint density at radius 2 is 1.73 bits per heavy atom. The predicted molar refractivity (Wildman–Crippen MR) is 106 cm³/mol. The first-order chi connectivity index (χ1) is 12.6. The Balaban J connectivity index is 1.44. The van der Waals surface area contributed by atoms with E-state index in [1.165, 1.54) is 29.7 Å². The second kappa shape index (κ2) is 8.89. The highest BCUT2D eigenvalue weighted by Gasteiger charge is 2.26. The van der Waals surface area contributed by atoms with Crippen LogP contribution in [0.3, 0.4) is 0 Å². The van der Waals surface area contributed by atoms with Crippen molar-refractivity contribution in [3.05, 3.63) is 21.4 Å². The van der Waals surface area contributed by atoms with Crippen molar-refractivity contribution in [1.82, 2.24) is 15.5 Å². The third kappa shape index (κ3) is 4.78. The molecule has 2 aliphatic rings. The largest absolute Gasteiger partial charge is 0.348 e. The van der Waals surface area contributed by atoms with Crippen LogP contribution in [0, 0.1) is 6.92 Å². The van der Waals surface area contributed by atoms with Crippen LogP contribution in [0.2, 0.25) is 0 Å². The van der Waals surface area contributed by atoms with Gasteiger partial charge in [0.25, 0.3) is 5.91 Å². The summed E-state index contributed by atoms with van der Waals surface area (Å²) in [5.74, 6) is 0.0305. The summed E-state index contributed by atoms with van der Waals surface area (Å²) in [5, 5.41) is 6.34. The highest BCUT2D eigenvalue weighted by Crippen LogP contribution is 2.23. The minimum atomic E-state index is 0.0305. The first-order valence-electron chi connectivity index (χ1n) is 10.0. The first-order valence-corrected chi connectivity index (χ1v) is 10.8. The lowest BCUT2D eigenvalue weighted by atomic mass is 9.95. The number of hydrogen-bond donors (Lipinski definition) is 2. The number of hydrogen-bond acceptors (Lipinski definition) is 3. The average molecular weight is 378 g/mol. The Morgan fingerprint density at radius 3 is 2.35 bits per heavy atom. The maximum Gasteiger partial charge on any atom is 0.317 e. The summed E-state index contributed by atoms with van der Waals surface area (Å²) < 4.78 is 0. The van der Waals surface area contributed by atoms with E-state index in [2.05, 4.69) is 24.5 Å². The van der Waals surface area contributed by atoms with E-state index in [4.69, 9.17) is 0 Å².